The lowest BCUT2D eigenvalue weighted by atomic mass is 10.9. The molecule has 1 aliphatic rings. The molecular formula is C4H3NS. The number of thioether (sulfide) groups is 1. The quantitative estimate of drug-likeness (QED) is 0.416. The van der Waals surface area contributed by atoms with E-state index in [2.05, 4.69) is 10.7 Å². The summed E-state index contributed by atoms with van der Waals surface area (Å²) in [6.45, 7) is 0. The van der Waals surface area contributed by atoms with Crippen molar-refractivity contribution in [2.24, 2.45) is 4.99 Å². The van der Waals surface area contributed by atoms with Gasteiger partial charge in [-0.1, -0.05) is 17.5 Å². The predicted molar refractivity (Wildman–Crippen MR) is 28.7 cm³/mol. The van der Waals surface area contributed by atoms with Crippen LogP contribution in [0.3, 0.4) is 0 Å². The summed E-state index contributed by atoms with van der Waals surface area (Å²) in [5.74, 6) is 0. The van der Waals surface area contributed by atoms with Crippen LogP contribution in [0.1, 0.15) is 0 Å². The number of aliphatic imine (C=N–C) groups is 1. The average molecular weight is 97.1 g/mol. The Balaban J connectivity index is 2.78. The van der Waals surface area contributed by atoms with Crippen molar-refractivity contribution < 1.29 is 0 Å². The molecule has 0 aromatic heterocycles. The summed E-state index contributed by atoms with van der Waals surface area (Å²) < 4.78 is 0. The average Bonchev–Trinajstić information content (AvgIpc) is 1.72. The standard InChI is InChI=1S/C4H3NS/c1-2-5-4-6-3-1/h2-4H. The molecule has 0 saturated carbocycles. The van der Waals surface area contributed by atoms with Crippen LogP contribution in [-0.2, 0) is 0 Å². The third kappa shape index (κ3) is 0.744. The van der Waals surface area contributed by atoms with Crippen LogP contribution in [-0.4, -0.2) is 5.55 Å². The first-order valence-corrected chi connectivity index (χ1v) is 2.51. The zero-order valence-electron chi connectivity index (χ0n) is 3.09. The van der Waals surface area contributed by atoms with Crippen molar-refractivity contribution in [2.75, 3.05) is 0 Å². The van der Waals surface area contributed by atoms with Crippen LogP contribution in [0.15, 0.2) is 22.3 Å². The van der Waals surface area contributed by atoms with Gasteiger partial charge in [-0.15, -0.1) is 0 Å². The topological polar surface area (TPSA) is 12.4 Å². The fraction of sp³-hybridized carbons (Fsp3) is 0. The van der Waals surface area contributed by atoms with E-state index in [9.17, 15) is 0 Å². The lowest BCUT2D eigenvalue weighted by molar-refractivity contribution is 1.63. The molecule has 0 atom stereocenters. The molecule has 0 aromatic carbocycles. The van der Waals surface area contributed by atoms with E-state index in [1.165, 1.54) is 11.8 Å². The van der Waals surface area contributed by atoms with Gasteiger partial charge in [-0.3, -0.25) is 0 Å². The molecule has 1 aliphatic heterocycles. The van der Waals surface area contributed by atoms with Crippen molar-refractivity contribution in [1.82, 2.24) is 0 Å². The molecule has 0 aromatic rings. The Morgan fingerprint density at radius 3 is 2.83 bits per heavy atom. The molecule has 0 unspecified atom stereocenters. The van der Waals surface area contributed by atoms with E-state index in [0.717, 1.165) is 0 Å². The van der Waals surface area contributed by atoms with Crippen molar-refractivity contribution in [3.63, 3.8) is 0 Å². The minimum Gasteiger partial charge on any atom is -0.249 e. The van der Waals surface area contributed by atoms with Gasteiger partial charge in [-0.2, -0.15) is 0 Å². The van der Waals surface area contributed by atoms with E-state index >= 15 is 0 Å². The van der Waals surface area contributed by atoms with Crippen molar-refractivity contribution in [2.45, 2.75) is 0 Å². The molecule has 30 valence electrons. The molecule has 1 nitrogen and oxygen atoms in total. The van der Waals surface area contributed by atoms with Crippen molar-refractivity contribution in [3.8, 4) is 0 Å². The van der Waals surface area contributed by atoms with Crippen LogP contribution < -0.4 is 0 Å². The van der Waals surface area contributed by atoms with Gasteiger partial charge in [0.15, 0.2) is 0 Å². The van der Waals surface area contributed by atoms with Gasteiger partial charge in [0.05, 0.1) is 11.7 Å². The normalized spacial score (nSPS) is 16.0. The van der Waals surface area contributed by atoms with Crippen molar-refractivity contribution in [1.29, 1.82) is 0 Å². The number of hydrogen-bond donors (Lipinski definition) is 0. The van der Waals surface area contributed by atoms with Crippen LogP contribution >= 0.6 is 11.8 Å². The summed E-state index contributed by atoms with van der Waals surface area (Å²) in [7, 11) is 0. The van der Waals surface area contributed by atoms with E-state index in [0.29, 0.717) is 0 Å². The second-order valence-corrected chi connectivity index (χ2v) is 1.52. The lowest BCUT2D eigenvalue weighted by Crippen LogP contribution is -1.57. The summed E-state index contributed by atoms with van der Waals surface area (Å²) in [6.07, 6.45) is 1.64. The van der Waals surface area contributed by atoms with Crippen molar-refractivity contribution >= 4 is 17.3 Å². The molecule has 1 heterocycles. The summed E-state index contributed by atoms with van der Waals surface area (Å²) in [4.78, 5) is 3.75. The van der Waals surface area contributed by atoms with E-state index in [4.69, 9.17) is 0 Å². The van der Waals surface area contributed by atoms with Crippen molar-refractivity contribution in [3.05, 3.63) is 17.3 Å². The zero-order valence-corrected chi connectivity index (χ0v) is 3.90. The van der Waals surface area contributed by atoms with E-state index in [1.54, 1.807) is 11.7 Å². The zero-order chi connectivity index (χ0) is 4.24. The fourth-order valence-corrected chi connectivity index (χ4v) is 0.540. The predicted octanol–water partition coefficient (Wildman–Crippen LogP) is 1.39. The van der Waals surface area contributed by atoms with Gasteiger partial charge in [0, 0.05) is 5.41 Å². The third-order valence-electron chi connectivity index (χ3n) is 0.407. The Kier molecular flexibility index (Phi) is 1.15. The molecule has 0 saturated heterocycles. The molecule has 1 rings (SSSR count). The SMILES string of the molecule is C1=CN=CSC=1. The van der Waals surface area contributed by atoms with E-state index in [1.807, 2.05) is 5.41 Å². The molecule has 2 heteroatoms. The van der Waals surface area contributed by atoms with Crippen LogP contribution in [0.25, 0.3) is 0 Å². The first kappa shape index (κ1) is 3.72. The summed E-state index contributed by atoms with van der Waals surface area (Å²) in [5, 5.41) is 1.85. The largest absolute Gasteiger partial charge is 0.249 e. The minimum atomic E-state index is 1.54. The van der Waals surface area contributed by atoms with Gasteiger partial charge in [-0.25, -0.2) is 4.99 Å². The molecule has 0 radical (unpaired) electrons. The Bertz CT molecular complexity index is 120. The monoisotopic (exact) mass is 97.0 g/mol. The molecule has 0 fully saturated rings. The highest BCUT2D eigenvalue weighted by Crippen LogP contribution is 1.97. The Labute approximate surface area is 40.5 Å². The first-order chi connectivity index (χ1) is 3.00. The van der Waals surface area contributed by atoms with Crippen LogP contribution in [0.4, 0.5) is 0 Å². The molecule has 0 bridgehead atoms. The van der Waals surface area contributed by atoms with E-state index < -0.39 is 0 Å². The van der Waals surface area contributed by atoms with Gasteiger partial charge >= 0.3 is 0 Å². The number of hydrogen-bond acceptors (Lipinski definition) is 2. The van der Waals surface area contributed by atoms with Gasteiger partial charge in [-0.05, 0) is 0 Å². The maximum absolute atomic E-state index is 3.75. The van der Waals surface area contributed by atoms with Crippen LogP contribution in [0.2, 0.25) is 0 Å². The smallest absolute Gasteiger partial charge is 0.0698 e. The van der Waals surface area contributed by atoms with Gasteiger partial charge in [0.25, 0.3) is 0 Å². The van der Waals surface area contributed by atoms with Gasteiger partial charge in [0.2, 0.25) is 0 Å². The Morgan fingerprint density at radius 2 is 2.67 bits per heavy atom. The molecular weight excluding hydrogens is 94.1 g/mol. The third-order valence-corrected chi connectivity index (χ3v) is 0.922. The summed E-state index contributed by atoms with van der Waals surface area (Å²) in [5.41, 5.74) is 4.56. The maximum Gasteiger partial charge on any atom is 0.0698 e. The van der Waals surface area contributed by atoms with Crippen LogP contribution in [0, 0.1) is 0 Å². The highest BCUT2D eigenvalue weighted by molar-refractivity contribution is 8.14. The second kappa shape index (κ2) is 1.85. The molecule has 0 amide bonds. The molecule has 6 heavy (non-hydrogen) atoms. The highest BCUT2D eigenvalue weighted by Gasteiger charge is 1.70. The van der Waals surface area contributed by atoms with Crippen LogP contribution in [0.5, 0.6) is 0 Å². The molecule has 0 spiro atoms. The summed E-state index contributed by atoms with van der Waals surface area (Å²) in [6, 6.07) is 0. The van der Waals surface area contributed by atoms with Gasteiger partial charge in [0.1, 0.15) is 0 Å². The lowest BCUT2D eigenvalue weighted by Gasteiger charge is -1.77. The Hall–Kier alpha value is -0.460. The minimum absolute atomic E-state index is 1.54. The molecule has 0 aliphatic carbocycles. The highest BCUT2D eigenvalue weighted by atomic mass is 32.2. The first-order valence-electron chi connectivity index (χ1n) is 1.57. The number of rotatable bonds is 0. The fourth-order valence-electron chi connectivity index (χ4n) is 0.209. The second-order valence-electron chi connectivity index (χ2n) is 0.804. The summed E-state index contributed by atoms with van der Waals surface area (Å²) >= 11 is 1.54. The van der Waals surface area contributed by atoms with E-state index in [-0.39, 0.29) is 0 Å². The number of nitrogens with zero attached hydrogens (tertiary/aromatic N) is 1. The van der Waals surface area contributed by atoms with Gasteiger partial charge < -0.3 is 0 Å². The molecule has 0 N–H and O–H groups in total. The maximum atomic E-state index is 3.75. The Morgan fingerprint density at radius 1 is 1.67 bits per heavy atom.